The fraction of sp³-hybridized carbons (Fsp3) is 0.920. The van der Waals surface area contributed by atoms with Crippen LogP contribution in [0.4, 0.5) is 0 Å². The van der Waals surface area contributed by atoms with Crippen molar-refractivity contribution in [2.24, 2.45) is 34.5 Å². The van der Waals surface area contributed by atoms with Crippen LogP contribution in [-0.2, 0) is 18.9 Å². The fourth-order valence-electron chi connectivity index (χ4n) is 9.07. The van der Waals surface area contributed by atoms with Gasteiger partial charge in [0.1, 0.15) is 0 Å². The molecule has 0 radical (unpaired) electrons. The highest BCUT2D eigenvalue weighted by molar-refractivity contribution is 5.28. The number of fused-ring (bicyclic) bond motifs is 5. The lowest BCUT2D eigenvalue weighted by Crippen LogP contribution is -2.59. The minimum atomic E-state index is -0.482. The maximum absolute atomic E-state index is 11.7. The summed E-state index contributed by atoms with van der Waals surface area (Å²) < 4.78 is 24.4. The Bertz CT molecular complexity index is 736. The van der Waals surface area contributed by atoms with E-state index >= 15 is 0 Å². The van der Waals surface area contributed by atoms with Gasteiger partial charge in [-0.25, -0.2) is 0 Å². The van der Waals surface area contributed by atoms with Crippen molar-refractivity contribution in [3.63, 3.8) is 0 Å². The molecule has 0 amide bonds. The molecule has 1 N–H and O–H groups in total. The standard InChI is InChI=1S/C25H38O5/c1-22-8-9-25(29-12-13-30-25)14-16(22)4-5-17-18-6-7-20(24(3)27-10-11-28-24)23(18,2)15-19(26)21(17)22/h4,17-21,26H,5-15H2,1-3H3/t17?,18?,19-,20?,21?,22+,23+/m1/s1. The van der Waals surface area contributed by atoms with Crippen molar-refractivity contribution >= 4 is 0 Å². The molecular formula is C25H38O5. The van der Waals surface area contributed by atoms with Crippen molar-refractivity contribution in [2.75, 3.05) is 26.4 Å². The van der Waals surface area contributed by atoms with E-state index in [1.165, 1.54) is 12.0 Å². The summed E-state index contributed by atoms with van der Waals surface area (Å²) in [4.78, 5) is 0. The second-order valence-electron chi connectivity index (χ2n) is 11.6. The topological polar surface area (TPSA) is 57.2 Å². The van der Waals surface area contributed by atoms with Gasteiger partial charge in [0.2, 0.25) is 0 Å². The molecule has 168 valence electrons. The van der Waals surface area contributed by atoms with Crippen LogP contribution in [0.1, 0.15) is 65.7 Å². The number of hydrogen-bond acceptors (Lipinski definition) is 5. The number of ether oxygens (including phenoxy) is 4. The van der Waals surface area contributed by atoms with Crippen molar-refractivity contribution < 1.29 is 24.1 Å². The number of allylic oxidation sites excluding steroid dienone is 1. The van der Waals surface area contributed by atoms with Gasteiger partial charge >= 0.3 is 0 Å². The molecule has 7 atom stereocenters. The third kappa shape index (κ3) is 2.59. The van der Waals surface area contributed by atoms with Crippen molar-refractivity contribution in [1.82, 2.24) is 0 Å². The minimum absolute atomic E-state index is 0.0621. The van der Waals surface area contributed by atoms with Crippen molar-refractivity contribution in [1.29, 1.82) is 0 Å². The van der Waals surface area contributed by atoms with Crippen LogP contribution in [0, 0.1) is 34.5 Å². The molecule has 1 spiro atoms. The van der Waals surface area contributed by atoms with E-state index in [1.807, 2.05) is 0 Å². The Labute approximate surface area is 180 Å². The second-order valence-corrected chi connectivity index (χ2v) is 11.6. The van der Waals surface area contributed by atoms with Gasteiger partial charge < -0.3 is 24.1 Å². The largest absolute Gasteiger partial charge is 0.393 e. The average molecular weight is 419 g/mol. The first-order chi connectivity index (χ1) is 14.3. The Morgan fingerprint density at radius 2 is 1.63 bits per heavy atom. The van der Waals surface area contributed by atoms with Crippen LogP contribution < -0.4 is 0 Å². The summed E-state index contributed by atoms with van der Waals surface area (Å²) in [6.07, 6.45) is 9.43. The zero-order chi connectivity index (χ0) is 20.8. The van der Waals surface area contributed by atoms with Gasteiger partial charge in [-0.2, -0.15) is 0 Å². The smallest absolute Gasteiger partial charge is 0.172 e. The Hall–Kier alpha value is -0.460. The molecule has 0 aromatic rings. The highest BCUT2D eigenvalue weighted by atomic mass is 16.7. The SMILES string of the molecule is CC1(C2CCC3C4CC=C5CC6(CC[C@]5(C)C4[C@H](O)C[C@@]32C)OCCO6)OCCO1. The highest BCUT2D eigenvalue weighted by Gasteiger charge is 2.65. The Balaban J connectivity index is 1.32. The molecule has 0 aromatic heterocycles. The van der Waals surface area contributed by atoms with E-state index in [1.54, 1.807) is 0 Å². The molecule has 3 saturated carbocycles. The molecule has 30 heavy (non-hydrogen) atoms. The monoisotopic (exact) mass is 418 g/mol. The van der Waals surface area contributed by atoms with E-state index in [4.69, 9.17) is 18.9 Å². The molecular weight excluding hydrogens is 380 g/mol. The van der Waals surface area contributed by atoms with E-state index in [2.05, 4.69) is 26.8 Å². The molecule has 2 aliphatic heterocycles. The normalized spacial score (nSPS) is 51.3. The van der Waals surface area contributed by atoms with Gasteiger partial charge in [-0.05, 0) is 67.6 Å². The molecule has 5 nitrogen and oxygen atoms in total. The molecule has 0 aromatic carbocycles. The van der Waals surface area contributed by atoms with E-state index in [0.717, 1.165) is 38.5 Å². The lowest BCUT2D eigenvalue weighted by molar-refractivity contribution is -0.227. The number of aliphatic hydroxyl groups excluding tert-OH is 1. The van der Waals surface area contributed by atoms with Crippen LogP contribution in [0.2, 0.25) is 0 Å². The lowest BCUT2D eigenvalue weighted by atomic mass is 9.46. The fourth-order valence-corrected chi connectivity index (χ4v) is 9.07. The van der Waals surface area contributed by atoms with E-state index in [0.29, 0.717) is 50.1 Å². The third-order valence-electron chi connectivity index (χ3n) is 10.3. The van der Waals surface area contributed by atoms with Gasteiger partial charge in [0.05, 0.1) is 32.5 Å². The maximum Gasteiger partial charge on any atom is 0.172 e. The Morgan fingerprint density at radius 1 is 0.933 bits per heavy atom. The molecule has 5 heteroatoms. The first kappa shape index (κ1) is 20.2. The lowest BCUT2D eigenvalue weighted by Gasteiger charge is -2.61. The molecule has 6 aliphatic rings. The molecule has 6 rings (SSSR count). The number of aliphatic hydroxyl groups is 1. The van der Waals surface area contributed by atoms with Gasteiger partial charge in [-0.1, -0.05) is 25.5 Å². The van der Waals surface area contributed by atoms with Crippen molar-refractivity contribution in [3.8, 4) is 0 Å². The maximum atomic E-state index is 11.7. The third-order valence-corrected chi connectivity index (χ3v) is 10.3. The molecule has 2 heterocycles. The first-order valence-electron chi connectivity index (χ1n) is 12.2. The van der Waals surface area contributed by atoms with Crippen molar-refractivity contribution in [2.45, 2.75) is 83.4 Å². The minimum Gasteiger partial charge on any atom is -0.393 e. The Kier molecular flexibility index (Phi) is 4.40. The first-order valence-corrected chi connectivity index (χ1v) is 12.2. The van der Waals surface area contributed by atoms with Crippen LogP contribution in [0.15, 0.2) is 11.6 Å². The zero-order valence-electron chi connectivity index (χ0n) is 18.8. The summed E-state index contributed by atoms with van der Waals surface area (Å²) in [5, 5.41) is 11.7. The van der Waals surface area contributed by atoms with E-state index in [9.17, 15) is 5.11 Å². The predicted octanol–water partition coefficient (Wildman–Crippen LogP) is 4.04. The summed E-state index contributed by atoms with van der Waals surface area (Å²) in [6, 6.07) is 0. The number of rotatable bonds is 1. The molecule has 5 fully saturated rings. The summed E-state index contributed by atoms with van der Waals surface area (Å²) in [6.45, 7) is 9.78. The van der Waals surface area contributed by atoms with Gasteiger partial charge in [0, 0.05) is 18.8 Å². The zero-order valence-corrected chi connectivity index (χ0v) is 18.8. The summed E-state index contributed by atoms with van der Waals surface area (Å²) >= 11 is 0. The van der Waals surface area contributed by atoms with Crippen molar-refractivity contribution in [3.05, 3.63) is 11.6 Å². The van der Waals surface area contributed by atoms with Crippen LogP contribution in [0.3, 0.4) is 0 Å². The van der Waals surface area contributed by atoms with Crippen LogP contribution in [-0.4, -0.2) is 49.2 Å². The number of hydrogen-bond donors (Lipinski definition) is 1. The molecule has 0 bridgehead atoms. The summed E-state index contributed by atoms with van der Waals surface area (Å²) in [5.74, 6) is 1.00. The van der Waals surface area contributed by atoms with Crippen LogP contribution in [0.5, 0.6) is 0 Å². The summed E-state index contributed by atoms with van der Waals surface area (Å²) in [5.41, 5.74) is 1.62. The Morgan fingerprint density at radius 3 is 2.37 bits per heavy atom. The highest BCUT2D eigenvalue weighted by Crippen LogP contribution is 2.68. The van der Waals surface area contributed by atoms with Crippen LogP contribution >= 0.6 is 0 Å². The van der Waals surface area contributed by atoms with Crippen LogP contribution in [0.25, 0.3) is 0 Å². The summed E-state index contributed by atoms with van der Waals surface area (Å²) in [7, 11) is 0. The van der Waals surface area contributed by atoms with E-state index in [-0.39, 0.29) is 16.9 Å². The average Bonchev–Trinajstić information content (AvgIpc) is 3.41. The van der Waals surface area contributed by atoms with E-state index < -0.39 is 11.6 Å². The molecule has 4 aliphatic carbocycles. The van der Waals surface area contributed by atoms with Gasteiger partial charge in [0.25, 0.3) is 0 Å². The second kappa shape index (κ2) is 6.54. The van der Waals surface area contributed by atoms with Gasteiger partial charge in [-0.3, -0.25) is 0 Å². The van der Waals surface area contributed by atoms with Gasteiger partial charge in [0.15, 0.2) is 11.6 Å². The van der Waals surface area contributed by atoms with Gasteiger partial charge in [-0.15, -0.1) is 0 Å². The molecule has 4 unspecified atom stereocenters. The predicted molar refractivity (Wildman–Crippen MR) is 112 cm³/mol. The molecule has 2 saturated heterocycles. The quantitative estimate of drug-likeness (QED) is 0.651.